The normalized spacial score (nSPS) is 16.0. The van der Waals surface area contributed by atoms with Gasteiger partial charge in [-0.2, -0.15) is 0 Å². The van der Waals surface area contributed by atoms with Crippen LogP contribution in [0, 0.1) is 0 Å². The lowest BCUT2D eigenvalue weighted by molar-refractivity contribution is 0.312. The van der Waals surface area contributed by atoms with Crippen molar-refractivity contribution in [1.82, 2.24) is 25.3 Å². The van der Waals surface area contributed by atoms with E-state index in [9.17, 15) is 0 Å². The third-order valence-electron chi connectivity index (χ3n) is 4.55. The fourth-order valence-corrected chi connectivity index (χ4v) is 2.95. The van der Waals surface area contributed by atoms with Crippen molar-refractivity contribution in [2.24, 2.45) is 4.99 Å². The van der Waals surface area contributed by atoms with Gasteiger partial charge < -0.3 is 24.5 Å². The summed E-state index contributed by atoms with van der Waals surface area (Å²) in [6, 6.07) is 6.08. The van der Waals surface area contributed by atoms with Crippen molar-refractivity contribution in [3.8, 4) is 0 Å². The van der Waals surface area contributed by atoms with E-state index in [2.05, 4.69) is 49.4 Å². The molecule has 1 N–H and O–H groups in total. The fourth-order valence-electron chi connectivity index (χ4n) is 2.95. The second-order valence-corrected chi connectivity index (χ2v) is 6.56. The van der Waals surface area contributed by atoms with Crippen LogP contribution >= 0.6 is 0 Å². The number of nitrogens with one attached hydrogen (secondary N) is 1. The Morgan fingerprint density at radius 2 is 2.08 bits per heavy atom. The molecule has 1 aliphatic heterocycles. The van der Waals surface area contributed by atoms with E-state index in [4.69, 9.17) is 4.52 Å². The monoisotopic (exact) mass is 357 g/mol. The molecule has 0 bridgehead atoms. The van der Waals surface area contributed by atoms with Gasteiger partial charge in [-0.25, -0.2) is 4.98 Å². The standard InChI is InChI=1S/C18H27N7O/c1-19-18(24(3)14-16-6-11-26-22-16)21-13-15-4-5-17(20-12-15)25-9-7-23(2)8-10-25/h4-6,11-12H,7-10,13-14H2,1-3H3,(H,19,21). The molecule has 3 heterocycles. The van der Waals surface area contributed by atoms with Gasteiger partial charge in [0.1, 0.15) is 17.8 Å². The van der Waals surface area contributed by atoms with Gasteiger partial charge in [-0.05, 0) is 18.7 Å². The molecule has 0 radical (unpaired) electrons. The second-order valence-electron chi connectivity index (χ2n) is 6.56. The summed E-state index contributed by atoms with van der Waals surface area (Å²) < 4.78 is 4.87. The number of anilines is 1. The number of aliphatic imine (C=N–C) groups is 1. The molecule has 0 aliphatic carbocycles. The maximum absolute atomic E-state index is 4.87. The minimum absolute atomic E-state index is 0.636. The van der Waals surface area contributed by atoms with Gasteiger partial charge in [0, 0.05) is 59.1 Å². The molecular formula is C18H27N7O. The highest BCUT2D eigenvalue weighted by molar-refractivity contribution is 5.79. The highest BCUT2D eigenvalue weighted by Crippen LogP contribution is 2.13. The lowest BCUT2D eigenvalue weighted by Crippen LogP contribution is -2.44. The molecule has 0 atom stereocenters. The average molecular weight is 357 g/mol. The Morgan fingerprint density at radius 1 is 1.27 bits per heavy atom. The van der Waals surface area contributed by atoms with Gasteiger partial charge in [0.25, 0.3) is 0 Å². The zero-order chi connectivity index (χ0) is 18.4. The van der Waals surface area contributed by atoms with Crippen LogP contribution in [0.5, 0.6) is 0 Å². The van der Waals surface area contributed by atoms with Gasteiger partial charge >= 0.3 is 0 Å². The van der Waals surface area contributed by atoms with Crippen LogP contribution in [0.15, 0.2) is 40.2 Å². The SMILES string of the molecule is CN=C(NCc1ccc(N2CCN(C)CC2)nc1)N(C)Cc1ccon1. The number of pyridine rings is 1. The Hall–Kier alpha value is -2.61. The summed E-state index contributed by atoms with van der Waals surface area (Å²) in [6.45, 7) is 5.53. The maximum atomic E-state index is 4.87. The van der Waals surface area contributed by atoms with E-state index in [-0.39, 0.29) is 0 Å². The third kappa shape index (κ3) is 4.72. The summed E-state index contributed by atoms with van der Waals surface area (Å²) >= 11 is 0. The van der Waals surface area contributed by atoms with Gasteiger partial charge in [0.15, 0.2) is 5.96 Å². The number of likely N-dealkylation sites (N-methyl/N-ethyl adjacent to an activating group) is 1. The van der Waals surface area contributed by atoms with Crippen LogP contribution in [0.2, 0.25) is 0 Å². The number of nitrogens with zero attached hydrogens (tertiary/aromatic N) is 6. The van der Waals surface area contributed by atoms with E-state index in [1.54, 1.807) is 13.3 Å². The van der Waals surface area contributed by atoms with Gasteiger partial charge in [0.2, 0.25) is 0 Å². The first-order valence-corrected chi connectivity index (χ1v) is 8.85. The second kappa shape index (κ2) is 8.66. The highest BCUT2D eigenvalue weighted by atomic mass is 16.5. The first-order valence-electron chi connectivity index (χ1n) is 8.85. The van der Waals surface area contributed by atoms with Crippen molar-refractivity contribution in [2.75, 3.05) is 52.2 Å². The molecule has 2 aromatic heterocycles. The van der Waals surface area contributed by atoms with Crippen LogP contribution in [0.25, 0.3) is 0 Å². The van der Waals surface area contributed by atoms with Gasteiger partial charge in [-0.1, -0.05) is 11.2 Å². The summed E-state index contributed by atoms with van der Waals surface area (Å²) in [6.07, 6.45) is 3.51. The highest BCUT2D eigenvalue weighted by Gasteiger charge is 2.15. The number of guanidine groups is 1. The topological polar surface area (TPSA) is 73.0 Å². The molecule has 26 heavy (non-hydrogen) atoms. The largest absolute Gasteiger partial charge is 0.364 e. The van der Waals surface area contributed by atoms with Crippen LogP contribution < -0.4 is 10.2 Å². The smallest absolute Gasteiger partial charge is 0.194 e. The third-order valence-corrected chi connectivity index (χ3v) is 4.55. The zero-order valence-electron chi connectivity index (χ0n) is 15.7. The first kappa shape index (κ1) is 18.2. The Bertz CT molecular complexity index is 691. The molecule has 0 aromatic carbocycles. The number of hydrogen-bond acceptors (Lipinski definition) is 6. The van der Waals surface area contributed by atoms with E-state index in [1.807, 2.05) is 24.2 Å². The van der Waals surface area contributed by atoms with Crippen molar-refractivity contribution in [1.29, 1.82) is 0 Å². The Balaban J connectivity index is 1.52. The molecule has 8 heteroatoms. The number of aromatic nitrogens is 2. The average Bonchev–Trinajstić information content (AvgIpc) is 3.16. The van der Waals surface area contributed by atoms with Crippen molar-refractivity contribution in [2.45, 2.75) is 13.1 Å². The van der Waals surface area contributed by atoms with E-state index >= 15 is 0 Å². The predicted octanol–water partition coefficient (Wildman–Crippen LogP) is 1.03. The van der Waals surface area contributed by atoms with Gasteiger partial charge in [-0.15, -0.1) is 0 Å². The quantitative estimate of drug-likeness (QED) is 0.633. The summed E-state index contributed by atoms with van der Waals surface area (Å²) in [5.41, 5.74) is 1.99. The summed E-state index contributed by atoms with van der Waals surface area (Å²) in [4.78, 5) is 15.6. The molecule has 0 spiro atoms. The fraction of sp³-hybridized carbons (Fsp3) is 0.500. The van der Waals surface area contributed by atoms with E-state index in [0.717, 1.165) is 49.2 Å². The Labute approximate surface area is 154 Å². The number of hydrogen-bond donors (Lipinski definition) is 1. The number of piperazine rings is 1. The predicted molar refractivity (Wildman–Crippen MR) is 102 cm³/mol. The lowest BCUT2D eigenvalue weighted by Gasteiger charge is -2.33. The van der Waals surface area contributed by atoms with Gasteiger partial charge in [0.05, 0.1) is 6.54 Å². The molecular weight excluding hydrogens is 330 g/mol. The van der Waals surface area contributed by atoms with Crippen molar-refractivity contribution < 1.29 is 4.52 Å². The van der Waals surface area contributed by atoms with Crippen molar-refractivity contribution in [3.63, 3.8) is 0 Å². The summed E-state index contributed by atoms with van der Waals surface area (Å²) in [7, 11) is 5.90. The molecule has 8 nitrogen and oxygen atoms in total. The van der Waals surface area contributed by atoms with Crippen LogP contribution in [-0.2, 0) is 13.1 Å². The van der Waals surface area contributed by atoms with Crippen LogP contribution in [0.3, 0.4) is 0 Å². The minimum atomic E-state index is 0.636. The summed E-state index contributed by atoms with van der Waals surface area (Å²) in [5.74, 6) is 1.85. The molecule has 1 aliphatic rings. The Kier molecular flexibility index (Phi) is 6.06. The summed E-state index contributed by atoms with van der Waals surface area (Å²) in [5, 5.41) is 7.29. The first-order chi connectivity index (χ1) is 12.7. The van der Waals surface area contributed by atoms with E-state index in [0.29, 0.717) is 13.1 Å². The molecule has 2 aromatic rings. The van der Waals surface area contributed by atoms with Crippen molar-refractivity contribution >= 4 is 11.8 Å². The molecule has 1 fully saturated rings. The molecule has 1 saturated heterocycles. The molecule has 0 amide bonds. The number of rotatable bonds is 5. The Morgan fingerprint density at radius 3 is 2.69 bits per heavy atom. The minimum Gasteiger partial charge on any atom is -0.364 e. The van der Waals surface area contributed by atoms with Crippen molar-refractivity contribution in [3.05, 3.63) is 41.9 Å². The molecule has 140 valence electrons. The molecule has 3 rings (SSSR count). The zero-order valence-corrected chi connectivity index (χ0v) is 15.7. The van der Waals surface area contributed by atoms with E-state index in [1.165, 1.54) is 0 Å². The molecule has 0 saturated carbocycles. The maximum Gasteiger partial charge on any atom is 0.194 e. The van der Waals surface area contributed by atoms with E-state index < -0.39 is 0 Å². The van der Waals surface area contributed by atoms with Crippen LogP contribution in [0.4, 0.5) is 5.82 Å². The van der Waals surface area contributed by atoms with Crippen LogP contribution in [0.1, 0.15) is 11.3 Å². The van der Waals surface area contributed by atoms with Crippen LogP contribution in [-0.4, -0.2) is 73.2 Å². The van der Waals surface area contributed by atoms with Gasteiger partial charge in [-0.3, -0.25) is 4.99 Å². The molecule has 0 unspecified atom stereocenters. The lowest BCUT2D eigenvalue weighted by atomic mass is 10.2.